The number of nitrogens with two attached hydrogens (primary N) is 1. The zero-order valence-electron chi connectivity index (χ0n) is 21.5. The van der Waals surface area contributed by atoms with E-state index in [9.17, 15) is 9.18 Å². The van der Waals surface area contributed by atoms with Gasteiger partial charge in [-0.1, -0.05) is 36.4 Å². The summed E-state index contributed by atoms with van der Waals surface area (Å²) in [5.41, 5.74) is 10.7. The van der Waals surface area contributed by atoms with Crippen molar-refractivity contribution in [2.24, 2.45) is 0 Å². The number of hydrogen-bond acceptors (Lipinski definition) is 7. The Bertz CT molecular complexity index is 2160. The van der Waals surface area contributed by atoms with Gasteiger partial charge in [-0.15, -0.1) is 0 Å². The highest BCUT2D eigenvalue weighted by molar-refractivity contribution is 6.00. The number of hydrogen-bond donors (Lipinski definition) is 2. The van der Waals surface area contributed by atoms with Crippen LogP contribution in [-0.2, 0) is 0 Å². The Morgan fingerprint density at radius 1 is 1.00 bits per heavy atom. The molecule has 4 heterocycles. The Balaban J connectivity index is 1.49. The van der Waals surface area contributed by atoms with Gasteiger partial charge in [0, 0.05) is 16.6 Å². The van der Waals surface area contributed by atoms with Gasteiger partial charge in [0.15, 0.2) is 5.65 Å². The molecule has 0 spiro atoms. The molecule has 4 aromatic heterocycles. The maximum Gasteiger partial charge on any atom is 0.200 e. The average Bonchev–Trinajstić information content (AvgIpc) is 3.54. The van der Waals surface area contributed by atoms with Crippen molar-refractivity contribution in [1.29, 1.82) is 0 Å². The molecule has 3 N–H and O–H groups in total. The predicted octanol–water partition coefficient (Wildman–Crippen LogP) is 5.78. The summed E-state index contributed by atoms with van der Waals surface area (Å²) in [6.45, 7) is 3.81. The molecule has 0 aliphatic heterocycles. The van der Waals surface area contributed by atoms with Crippen LogP contribution in [0.5, 0.6) is 0 Å². The van der Waals surface area contributed by atoms with E-state index in [-0.39, 0.29) is 16.8 Å². The number of nitrogens with zero attached hydrogens (tertiary/aromatic N) is 5. The summed E-state index contributed by atoms with van der Waals surface area (Å²) >= 11 is 0. The Hall–Kier alpha value is -5.38. The smallest absolute Gasteiger partial charge is 0.200 e. The predicted molar refractivity (Wildman–Crippen MR) is 151 cm³/mol. The number of fused-ring (bicyclic) bond motifs is 3. The van der Waals surface area contributed by atoms with E-state index in [0.717, 1.165) is 22.2 Å². The molecule has 0 fully saturated rings. The molecule has 1 atom stereocenters. The second kappa shape index (κ2) is 8.84. The molecule has 0 aliphatic carbocycles. The molecule has 0 unspecified atom stereocenters. The third kappa shape index (κ3) is 3.57. The average molecular weight is 532 g/mol. The summed E-state index contributed by atoms with van der Waals surface area (Å²) in [5, 5.41) is 14.3. The number of benzene rings is 3. The van der Waals surface area contributed by atoms with Crippen LogP contribution in [0.4, 0.5) is 10.2 Å². The molecule has 7 rings (SSSR count). The molecule has 7 aromatic rings. The number of aryl methyl sites for hydroxylation is 1. The minimum absolute atomic E-state index is 0.256. The number of H-pyrrole nitrogens is 1. The fourth-order valence-electron chi connectivity index (χ4n) is 5.24. The number of halogens is 1. The van der Waals surface area contributed by atoms with Crippen molar-refractivity contribution in [1.82, 2.24) is 29.9 Å². The fraction of sp³-hybridized carbons (Fsp3) is 0.100. The van der Waals surface area contributed by atoms with Crippen molar-refractivity contribution in [3.05, 3.63) is 101 Å². The van der Waals surface area contributed by atoms with Crippen molar-refractivity contribution < 1.29 is 8.81 Å². The second-order valence-electron chi connectivity index (χ2n) is 9.68. The van der Waals surface area contributed by atoms with Crippen LogP contribution in [0.1, 0.15) is 24.4 Å². The van der Waals surface area contributed by atoms with Gasteiger partial charge in [-0.3, -0.25) is 9.89 Å². The van der Waals surface area contributed by atoms with Gasteiger partial charge in [0.1, 0.15) is 41.0 Å². The Labute approximate surface area is 226 Å². The Kier molecular flexibility index (Phi) is 5.24. The highest BCUT2D eigenvalue weighted by atomic mass is 19.1. The lowest BCUT2D eigenvalue weighted by molar-refractivity contribution is 0.446. The van der Waals surface area contributed by atoms with Crippen LogP contribution in [0, 0.1) is 12.7 Å². The van der Waals surface area contributed by atoms with Crippen LogP contribution in [-0.4, -0.2) is 29.9 Å². The second-order valence-corrected chi connectivity index (χ2v) is 9.68. The van der Waals surface area contributed by atoms with E-state index >= 15 is 0 Å². The third-order valence-corrected chi connectivity index (χ3v) is 7.22. The number of anilines is 1. The van der Waals surface area contributed by atoms with Crippen molar-refractivity contribution in [3.8, 4) is 22.4 Å². The number of nitrogens with one attached hydrogen (secondary N) is 1. The first-order chi connectivity index (χ1) is 19.4. The minimum atomic E-state index is -0.627. The minimum Gasteiger partial charge on any atom is -0.458 e. The molecule has 10 heteroatoms. The van der Waals surface area contributed by atoms with E-state index in [4.69, 9.17) is 15.2 Å². The topological polar surface area (TPSA) is 129 Å². The summed E-state index contributed by atoms with van der Waals surface area (Å²) in [6.07, 6.45) is 1.37. The summed E-state index contributed by atoms with van der Waals surface area (Å²) in [7, 11) is 0. The molecular weight excluding hydrogens is 509 g/mol. The number of aromatic amines is 1. The molecule has 40 heavy (non-hydrogen) atoms. The van der Waals surface area contributed by atoms with Gasteiger partial charge in [0.05, 0.1) is 21.9 Å². The highest BCUT2D eigenvalue weighted by Gasteiger charge is 2.27. The van der Waals surface area contributed by atoms with Crippen molar-refractivity contribution in [3.63, 3.8) is 0 Å². The molecule has 0 saturated heterocycles. The standard InChI is InChI=1S/C30H22FN7O2/c1-15-20-11-10-18(13-22(20)36-35-15)26-25-29(32)33-14-34-30(25)38(37-26)16(2)28-24(17-6-5-7-19(31)12-17)27(39)21-8-3-4-9-23(21)40-28/h3-14,16H,1-2H3,(H,35,36)(H2,32,33,34)/t16-/m0/s1. The molecule has 0 saturated carbocycles. The van der Waals surface area contributed by atoms with Crippen LogP contribution in [0.15, 0.2) is 82.3 Å². The first-order valence-corrected chi connectivity index (χ1v) is 12.7. The van der Waals surface area contributed by atoms with E-state index in [0.29, 0.717) is 39.0 Å². The fourth-order valence-corrected chi connectivity index (χ4v) is 5.24. The number of rotatable bonds is 4. The lowest BCUT2D eigenvalue weighted by Gasteiger charge is -2.17. The molecule has 0 aliphatic rings. The van der Waals surface area contributed by atoms with Crippen LogP contribution < -0.4 is 11.2 Å². The van der Waals surface area contributed by atoms with Crippen LogP contribution in [0.25, 0.3) is 55.3 Å². The van der Waals surface area contributed by atoms with E-state index in [2.05, 4.69) is 20.2 Å². The lowest BCUT2D eigenvalue weighted by Crippen LogP contribution is -2.16. The van der Waals surface area contributed by atoms with Gasteiger partial charge in [-0.25, -0.2) is 19.0 Å². The van der Waals surface area contributed by atoms with Crippen molar-refractivity contribution in [2.45, 2.75) is 19.9 Å². The van der Waals surface area contributed by atoms with Crippen molar-refractivity contribution in [2.75, 3.05) is 5.73 Å². The van der Waals surface area contributed by atoms with Gasteiger partial charge >= 0.3 is 0 Å². The largest absolute Gasteiger partial charge is 0.458 e. The van der Waals surface area contributed by atoms with Gasteiger partial charge in [0.25, 0.3) is 0 Å². The quantitative estimate of drug-likeness (QED) is 0.294. The van der Waals surface area contributed by atoms with Gasteiger partial charge in [-0.2, -0.15) is 10.2 Å². The van der Waals surface area contributed by atoms with E-state index in [1.807, 2.05) is 32.0 Å². The molecule has 3 aromatic carbocycles. The zero-order chi connectivity index (χ0) is 27.5. The molecule has 0 amide bonds. The maximum absolute atomic E-state index is 14.3. The lowest BCUT2D eigenvalue weighted by atomic mass is 9.99. The molecule has 9 nitrogen and oxygen atoms in total. The summed E-state index contributed by atoms with van der Waals surface area (Å²) in [5.74, 6) is 0.128. The van der Waals surface area contributed by atoms with Gasteiger partial charge in [-0.05, 0) is 49.7 Å². The van der Waals surface area contributed by atoms with Gasteiger partial charge < -0.3 is 10.2 Å². The van der Waals surface area contributed by atoms with E-state index in [1.54, 1.807) is 41.1 Å². The molecular formula is C30H22FN7O2. The summed E-state index contributed by atoms with van der Waals surface area (Å²) < 4.78 is 22.4. The third-order valence-electron chi connectivity index (χ3n) is 7.22. The number of nitrogen functional groups attached to an aromatic ring is 1. The molecule has 0 radical (unpaired) electrons. The van der Waals surface area contributed by atoms with E-state index < -0.39 is 11.9 Å². The molecule has 196 valence electrons. The summed E-state index contributed by atoms with van der Waals surface area (Å²) in [4.78, 5) is 22.5. The van der Waals surface area contributed by atoms with Crippen molar-refractivity contribution >= 4 is 38.7 Å². The normalized spacial score (nSPS) is 12.5. The molecule has 0 bridgehead atoms. The summed E-state index contributed by atoms with van der Waals surface area (Å²) in [6, 6.07) is 18.1. The van der Waals surface area contributed by atoms with E-state index in [1.165, 1.54) is 18.5 Å². The Morgan fingerprint density at radius 2 is 1.85 bits per heavy atom. The van der Waals surface area contributed by atoms with Crippen LogP contribution >= 0.6 is 0 Å². The number of aromatic nitrogens is 6. The first-order valence-electron chi connectivity index (χ1n) is 12.7. The monoisotopic (exact) mass is 531 g/mol. The van der Waals surface area contributed by atoms with Crippen LogP contribution in [0.3, 0.4) is 0 Å². The zero-order valence-corrected chi connectivity index (χ0v) is 21.5. The number of para-hydroxylation sites is 1. The van der Waals surface area contributed by atoms with Crippen LogP contribution in [0.2, 0.25) is 0 Å². The van der Waals surface area contributed by atoms with Gasteiger partial charge in [0.2, 0.25) is 5.43 Å². The SMILES string of the molecule is Cc1[nH]nc2cc(-c3nn([C@@H](C)c4oc5ccccc5c(=O)c4-c4cccc(F)c4)c4ncnc(N)c34)ccc12. The Morgan fingerprint density at radius 3 is 2.70 bits per heavy atom. The first kappa shape index (κ1) is 23.7. The maximum atomic E-state index is 14.3. The highest BCUT2D eigenvalue weighted by Crippen LogP contribution is 2.37.